The lowest BCUT2D eigenvalue weighted by Gasteiger charge is -2.30. The van der Waals surface area contributed by atoms with E-state index >= 15 is 0 Å². The average Bonchev–Trinajstić information content (AvgIpc) is 3.08. The number of aromatic nitrogens is 3. The summed E-state index contributed by atoms with van der Waals surface area (Å²) in [4.78, 5) is 24.2. The number of oxazole rings is 1. The number of nitrogen functional groups attached to an aromatic ring is 1. The van der Waals surface area contributed by atoms with E-state index in [-0.39, 0.29) is 17.6 Å². The zero-order chi connectivity index (χ0) is 19.3. The van der Waals surface area contributed by atoms with Crippen molar-refractivity contribution < 1.29 is 4.42 Å². The number of hydrogen-bond acceptors (Lipinski definition) is 6. The van der Waals surface area contributed by atoms with Crippen LogP contribution in [0.15, 0.2) is 51.9 Å². The molecule has 3 heterocycles. The van der Waals surface area contributed by atoms with Crippen LogP contribution in [0.2, 0.25) is 0 Å². The fraction of sp³-hybridized carbons (Fsp3) is 0.286. The molecule has 7 heteroatoms. The second-order valence-electron chi connectivity index (χ2n) is 7.46. The van der Waals surface area contributed by atoms with E-state index in [1.807, 2.05) is 36.4 Å². The number of likely N-dealkylation sites (tertiary alicyclic amines) is 1. The third kappa shape index (κ3) is 2.84. The SMILES string of the molecule is CN1CCC(n2cnc3ccc(-c4ccc5oc(N)nc5c4)cc3c2=O)CC1. The summed E-state index contributed by atoms with van der Waals surface area (Å²) in [6.07, 6.45) is 3.63. The highest BCUT2D eigenvalue weighted by atomic mass is 16.4. The predicted octanol–water partition coefficient (Wildman–Crippen LogP) is 3.05. The van der Waals surface area contributed by atoms with Gasteiger partial charge in [0.05, 0.1) is 17.2 Å². The van der Waals surface area contributed by atoms with Crippen molar-refractivity contribution in [3.05, 3.63) is 53.1 Å². The number of benzene rings is 2. The molecule has 2 aromatic carbocycles. The molecule has 28 heavy (non-hydrogen) atoms. The first kappa shape index (κ1) is 16.9. The maximum atomic E-state index is 13.2. The monoisotopic (exact) mass is 375 g/mol. The first-order valence-electron chi connectivity index (χ1n) is 9.44. The van der Waals surface area contributed by atoms with Gasteiger partial charge in [0.2, 0.25) is 0 Å². The number of nitrogens with two attached hydrogens (primary N) is 1. The third-order valence-corrected chi connectivity index (χ3v) is 5.60. The number of fused-ring (bicyclic) bond motifs is 2. The first-order valence-corrected chi connectivity index (χ1v) is 9.44. The minimum atomic E-state index is 0.0214. The van der Waals surface area contributed by atoms with Gasteiger partial charge in [-0.3, -0.25) is 9.36 Å². The smallest absolute Gasteiger partial charge is 0.292 e. The molecule has 0 saturated carbocycles. The summed E-state index contributed by atoms with van der Waals surface area (Å²) in [5.41, 5.74) is 9.61. The van der Waals surface area contributed by atoms with Crippen LogP contribution >= 0.6 is 0 Å². The highest BCUT2D eigenvalue weighted by Crippen LogP contribution is 2.27. The molecule has 0 unspecified atom stereocenters. The van der Waals surface area contributed by atoms with E-state index in [1.54, 1.807) is 10.9 Å². The molecule has 1 aliphatic rings. The Morgan fingerprint density at radius 1 is 1.07 bits per heavy atom. The van der Waals surface area contributed by atoms with Crippen LogP contribution in [0, 0.1) is 0 Å². The molecule has 1 fully saturated rings. The van der Waals surface area contributed by atoms with Crippen LogP contribution in [0.25, 0.3) is 33.1 Å². The van der Waals surface area contributed by atoms with Crippen LogP contribution in [0.4, 0.5) is 6.01 Å². The van der Waals surface area contributed by atoms with Crippen LogP contribution < -0.4 is 11.3 Å². The summed E-state index contributed by atoms with van der Waals surface area (Å²) in [6, 6.07) is 11.8. The maximum Gasteiger partial charge on any atom is 0.292 e. The highest BCUT2D eigenvalue weighted by Gasteiger charge is 2.20. The fourth-order valence-electron chi connectivity index (χ4n) is 3.97. The van der Waals surface area contributed by atoms with Gasteiger partial charge in [0.15, 0.2) is 5.58 Å². The van der Waals surface area contributed by atoms with Gasteiger partial charge in [-0.2, -0.15) is 4.98 Å². The molecule has 142 valence electrons. The van der Waals surface area contributed by atoms with Crippen LogP contribution in [-0.4, -0.2) is 39.6 Å². The van der Waals surface area contributed by atoms with Gasteiger partial charge in [0.1, 0.15) is 5.52 Å². The molecule has 7 nitrogen and oxygen atoms in total. The second-order valence-corrected chi connectivity index (χ2v) is 7.46. The quantitative estimate of drug-likeness (QED) is 0.579. The minimum Gasteiger partial charge on any atom is -0.424 e. The topological polar surface area (TPSA) is 90.2 Å². The second kappa shape index (κ2) is 6.45. The fourth-order valence-corrected chi connectivity index (χ4v) is 3.97. The Hall–Kier alpha value is -3.19. The van der Waals surface area contributed by atoms with Crippen molar-refractivity contribution in [2.45, 2.75) is 18.9 Å². The molecule has 0 amide bonds. The summed E-state index contributed by atoms with van der Waals surface area (Å²) in [5.74, 6) is 0. The van der Waals surface area contributed by atoms with Crippen molar-refractivity contribution in [1.82, 2.24) is 19.4 Å². The van der Waals surface area contributed by atoms with Crippen molar-refractivity contribution in [2.24, 2.45) is 0 Å². The Balaban J connectivity index is 1.59. The lowest BCUT2D eigenvalue weighted by Crippen LogP contribution is -2.35. The molecule has 1 aliphatic heterocycles. The highest BCUT2D eigenvalue weighted by molar-refractivity contribution is 5.87. The van der Waals surface area contributed by atoms with Crippen molar-refractivity contribution in [2.75, 3.05) is 25.9 Å². The summed E-state index contributed by atoms with van der Waals surface area (Å²) in [7, 11) is 2.11. The first-order chi connectivity index (χ1) is 13.6. The lowest BCUT2D eigenvalue weighted by atomic mass is 10.0. The Bertz CT molecular complexity index is 1230. The van der Waals surface area contributed by atoms with E-state index in [2.05, 4.69) is 21.9 Å². The van der Waals surface area contributed by atoms with Gasteiger partial charge in [-0.1, -0.05) is 12.1 Å². The zero-order valence-electron chi connectivity index (χ0n) is 15.6. The van der Waals surface area contributed by atoms with E-state index in [0.717, 1.165) is 37.1 Å². The molecule has 0 radical (unpaired) electrons. The predicted molar refractivity (Wildman–Crippen MR) is 109 cm³/mol. The molecule has 0 bridgehead atoms. The van der Waals surface area contributed by atoms with Crippen LogP contribution in [0.5, 0.6) is 0 Å². The van der Waals surface area contributed by atoms with Gasteiger partial charge in [-0.15, -0.1) is 0 Å². The molecular formula is C21H21N5O2. The summed E-state index contributed by atoms with van der Waals surface area (Å²) < 4.78 is 7.14. The molecule has 0 aliphatic carbocycles. The summed E-state index contributed by atoms with van der Waals surface area (Å²) in [6.45, 7) is 1.99. The third-order valence-electron chi connectivity index (χ3n) is 5.60. The Morgan fingerprint density at radius 2 is 1.82 bits per heavy atom. The molecule has 0 spiro atoms. The molecular weight excluding hydrogens is 354 g/mol. The van der Waals surface area contributed by atoms with E-state index in [4.69, 9.17) is 10.2 Å². The van der Waals surface area contributed by atoms with Gasteiger partial charge in [-0.05, 0) is 68.4 Å². The summed E-state index contributed by atoms with van der Waals surface area (Å²) in [5, 5.41) is 0.638. The number of anilines is 1. The normalized spacial score (nSPS) is 16.2. The van der Waals surface area contributed by atoms with Crippen LogP contribution in [0.3, 0.4) is 0 Å². The minimum absolute atomic E-state index is 0.0214. The van der Waals surface area contributed by atoms with Crippen molar-refractivity contribution in [3.63, 3.8) is 0 Å². The van der Waals surface area contributed by atoms with Gasteiger partial charge < -0.3 is 15.1 Å². The molecule has 2 aromatic heterocycles. The molecule has 1 saturated heterocycles. The Morgan fingerprint density at radius 3 is 2.64 bits per heavy atom. The van der Waals surface area contributed by atoms with E-state index in [0.29, 0.717) is 22.0 Å². The van der Waals surface area contributed by atoms with Gasteiger partial charge in [0.25, 0.3) is 11.6 Å². The van der Waals surface area contributed by atoms with Crippen molar-refractivity contribution in [1.29, 1.82) is 0 Å². The van der Waals surface area contributed by atoms with Crippen LogP contribution in [0.1, 0.15) is 18.9 Å². The van der Waals surface area contributed by atoms with Gasteiger partial charge >= 0.3 is 0 Å². The average molecular weight is 375 g/mol. The van der Waals surface area contributed by atoms with Gasteiger partial charge in [-0.25, -0.2) is 4.98 Å². The van der Waals surface area contributed by atoms with Gasteiger partial charge in [0, 0.05) is 6.04 Å². The standard InChI is InChI=1S/C21H21N5O2/c1-25-8-6-15(7-9-25)26-12-23-17-4-2-13(10-16(17)20(26)27)14-3-5-19-18(11-14)24-21(22)28-19/h2-5,10-12,15H,6-9H2,1H3,(H2,22,24). The molecule has 0 atom stereocenters. The number of hydrogen-bond donors (Lipinski definition) is 1. The summed E-state index contributed by atoms with van der Waals surface area (Å²) >= 11 is 0. The van der Waals surface area contributed by atoms with E-state index < -0.39 is 0 Å². The van der Waals surface area contributed by atoms with E-state index in [9.17, 15) is 4.79 Å². The molecule has 4 aromatic rings. The lowest BCUT2D eigenvalue weighted by molar-refractivity contribution is 0.218. The van der Waals surface area contributed by atoms with E-state index in [1.165, 1.54) is 0 Å². The number of rotatable bonds is 2. The van der Waals surface area contributed by atoms with Crippen molar-refractivity contribution in [3.8, 4) is 11.1 Å². The zero-order valence-corrected chi connectivity index (χ0v) is 15.6. The molecule has 5 rings (SSSR count). The largest absolute Gasteiger partial charge is 0.424 e. The number of piperidine rings is 1. The number of nitrogens with zero attached hydrogens (tertiary/aromatic N) is 4. The Kier molecular flexibility index (Phi) is 3.91. The molecule has 2 N–H and O–H groups in total. The van der Waals surface area contributed by atoms with Crippen molar-refractivity contribution >= 4 is 28.0 Å². The Labute approximate surface area is 161 Å². The maximum absolute atomic E-state index is 13.2. The van der Waals surface area contributed by atoms with Crippen LogP contribution in [-0.2, 0) is 0 Å².